The molecular formula is C14H16FNO4. The zero-order chi connectivity index (χ0) is 14.7. The highest BCUT2D eigenvalue weighted by Crippen LogP contribution is 2.23. The molecule has 1 aliphatic rings. The van der Waals surface area contributed by atoms with Crippen molar-refractivity contribution in [1.82, 2.24) is 4.90 Å². The van der Waals surface area contributed by atoms with Crippen LogP contribution in [0, 0.1) is 11.7 Å². The third-order valence-corrected chi connectivity index (χ3v) is 3.55. The molecule has 6 heteroatoms. The number of piperidine rings is 1. The molecule has 5 nitrogen and oxygen atoms in total. The Morgan fingerprint density at radius 1 is 1.30 bits per heavy atom. The van der Waals surface area contributed by atoms with Gasteiger partial charge < -0.3 is 15.1 Å². The predicted molar refractivity (Wildman–Crippen MR) is 68.9 cm³/mol. The van der Waals surface area contributed by atoms with Crippen LogP contribution in [0.15, 0.2) is 18.2 Å². The third kappa shape index (κ3) is 3.26. The molecule has 0 aliphatic carbocycles. The zero-order valence-corrected chi connectivity index (χ0v) is 10.9. The number of hydrogen-bond acceptors (Lipinski definition) is 3. The van der Waals surface area contributed by atoms with Crippen molar-refractivity contribution in [3.63, 3.8) is 0 Å². The topological polar surface area (TPSA) is 77.8 Å². The number of aromatic hydroxyl groups is 1. The molecule has 2 N–H and O–H groups in total. The number of nitrogens with zero attached hydrogens (tertiary/aromatic N) is 1. The van der Waals surface area contributed by atoms with Gasteiger partial charge in [-0.1, -0.05) is 0 Å². The van der Waals surface area contributed by atoms with E-state index in [1.54, 1.807) is 0 Å². The van der Waals surface area contributed by atoms with Crippen molar-refractivity contribution in [2.24, 2.45) is 5.92 Å². The maximum Gasteiger partial charge on any atom is 0.303 e. The molecule has 0 saturated carbocycles. The number of rotatable bonds is 3. The van der Waals surface area contributed by atoms with E-state index in [0.29, 0.717) is 25.9 Å². The van der Waals surface area contributed by atoms with Gasteiger partial charge in [-0.3, -0.25) is 9.59 Å². The van der Waals surface area contributed by atoms with Crippen LogP contribution in [0.1, 0.15) is 29.6 Å². The Morgan fingerprint density at radius 3 is 2.50 bits per heavy atom. The number of likely N-dealkylation sites (tertiary alicyclic amines) is 1. The monoisotopic (exact) mass is 281 g/mol. The van der Waals surface area contributed by atoms with Crippen molar-refractivity contribution in [3.05, 3.63) is 29.6 Å². The summed E-state index contributed by atoms with van der Waals surface area (Å²) >= 11 is 0. The maximum absolute atomic E-state index is 13.6. The van der Waals surface area contributed by atoms with Crippen molar-refractivity contribution in [2.75, 3.05) is 13.1 Å². The van der Waals surface area contributed by atoms with Gasteiger partial charge in [0.15, 0.2) is 0 Å². The van der Waals surface area contributed by atoms with Gasteiger partial charge >= 0.3 is 5.97 Å². The first-order valence-electron chi connectivity index (χ1n) is 6.47. The van der Waals surface area contributed by atoms with Gasteiger partial charge in [-0.2, -0.15) is 0 Å². The van der Waals surface area contributed by atoms with Crippen molar-refractivity contribution in [1.29, 1.82) is 0 Å². The maximum atomic E-state index is 13.6. The van der Waals surface area contributed by atoms with Gasteiger partial charge in [-0.15, -0.1) is 0 Å². The van der Waals surface area contributed by atoms with Crippen LogP contribution in [-0.4, -0.2) is 40.1 Å². The number of carboxylic acids is 1. The number of aliphatic carboxylic acids is 1. The molecule has 0 bridgehead atoms. The molecular weight excluding hydrogens is 265 g/mol. The Morgan fingerprint density at radius 2 is 1.95 bits per heavy atom. The molecule has 1 aromatic rings. The quantitative estimate of drug-likeness (QED) is 0.886. The van der Waals surface area contributed by atoms with Crippen molar-refractivity contribution < 1.29 is 24.2 Å². The van der Waals surface area contributed by atoms with Crippen LogP contribution in [0.5, 0.6) is 5.75 Å². The number of hydrogen-bond donors (Lipinski definition) is 2. The van der Waals surface area contributed by atoms with E-state index < -0.39 is 17.7 Å². The second-order valence-electron chi connectivity index (χ2n) is 5.00. The minimum atomic E-state index is -0.834. The van der Waals surface area contributed by atoms with Crippen LogP contribution >= 0.6 is 0 Å². The smallest absolute Gasteiger partial charge is 0.303 e. The molecule has 0 unspecified atom stereocenters. The Kier molecular flexibility index (Phi) is 4.22. The fraction of sp³-hybridized carbons (Fsp3) is 0.429. The summed E-state index contributed by atoms with van der Waals surface area (Å²) in [6.45, 7) is 0.855. The van der Waals surface area contributed by atoms with E-state index >= 15 is 0 Å². The summed E-state index contributed by atoms with van der Waals surface area (Å²) in [6, 6.07) is 3.44. The van der Waals surface area contributed by atoms with E-state index in [2.05, 4.69) is 0 Å². The molecule has 1 saturated heterocycles. The van der Waals surface area contributed by atoms with Gasteiger partial charge in [0.25, 0.3) is 5.91 Å². The summed E-state index contributed by atoms with van der Waals surface area (Å²) < 4.78 is 13.6. The SMILES string of the molecule is O=C(O)CC1CCN(C(=O)c2ccc(O)cc2F)CC1. The second-order valence-corrected chi connectivity index (χ2v) is 5.00. The first kappa shape index (κ1) is 14.3. The van der Waals surface area contributed by atoms with Crippen molar-refractivity contribution in [2.45, 2.75) is 19.3 Å². The van der Waals surface area contributed by atoms with Gasteiger partial charge in [0.05, 0.1) is 5.56 Å². The highest BCUT2D eigenvalue weighted by Gasteiger charge is 2.26. The largest absolute Gasteiger partial charge is 0.508 e. The van der Waals surface area contributed by atoms with Gasteiger partial charge in [-0.25, -0.2) is 4.39 Å². The fourth-order valence-corrected chi connectivity index (χ4v) is 2.43. The fourth-order valence-electron chi connectivity index (χ4n) is 2.43. The number of phenolic OH excluding ortho intramolecular Hbond substituents is 1. The molecule has 2 rings (SSSR count). The minimum absolute atomic E-state index is 0.0699. The summed E-state index contributed by atoms with van der Waals surface area (Å²) in [4.78, 5) is 24.3. The van der Waals surface area contributed by atoms with E-state index in [9.17, 15) is 14.0 Å². The van der Waals surface area contributed by atoms with Crippen LogP contribution in [0.2, 0.25) is 0 Å². The van der Waals surface area contributed by atoms with Gasteiger partial charge in [0.2, 0.25) is 0 Å². The Hall–Kier alpha value is -2.11. The van der Waals surface area contributed by atoms with Crippen LogP contribution in [-0.2, 0) is 4.79 Å². The lowest BCUT2D eigenvalue weighted by molar-refractivity contribution is -0.138. The molecule has 1 amide bonds. The Bertz CT molecular complexity index is 524. The van der Waals surface area contributed by atoms with E-state index in [0.717, 1.165) is 6.07 Å². The lowest BCUT2D eigenvalue weighted by Crippen LogP contribution is -2.39. The summed E-state index contributed by atoms with van der Waals surface area (Å²) in [5.41, 5.74) is -0.0699. The number of carbonyl (C=O) groups excluding carboxylic acids is 1. The summed E-state index contributed by atoms with van der Waals surface area (Å²) in [6.07, 6.45) is 1.32. The van der Waals surface area contributed by atoms with Gasteiger partial charge in [0, 0.05) is 25.6 Å². The van der Waals surface area contributed by atoms with Crippen LogP contribution in [0.3, 0.4) is 0 Å². The van der Waals surface area contributed by atoms with Crippen LogP contribution in [0.25, 0.3) is 0 Å². The number of halogens is 1. The second kappa shape index (κ2) is 5.90. The predicted octanol–water partition coefficient (Wildman–Crippen LogP) is 1.86. The van der Waals surface area contributed by atoms with Gasteiger partial charge in [-0.05, 0) is 30.9 Å². The van der Waals surface area contributed by atoms with Crippen LogP contribution in [0.4, 0.5) is 4.39 Å². The molecule has 1 fully saturated rings. The highest BCUT2D eigenvalue weighted by molar-refractivity contribution is 5.94. The molecule has 0 spiro atoms. The molecule has 1 aromatic carbocycles. The third-order valence-electron chi connectivity index (χ3n) is 3.55. The normalized spacial score (nSPS) is 16.1. The molecule has 0 radical (unpaired) electrons. The van der Waals surface area contributed by atoms with E-state index in [-0.39, 0.29) is 23.7 Å². The molecule has 108 valence electrons. The molecule has 1 aliphatic heterocycles. The van der Waals surface area contributed by atoms with Crippen molar-refractivity contribution >= 4 is 11.9 Å². The number of benzene rings is 1. The zero-order valence-electron chi connectivity index (χ0n) is 10.9. The minimum Gasteiger partial charge on any atom is -0.508 e. The average molecular weight is 281 g/mol. The summed E-state index contributed by atoms with van der Waals surface area (Å²) in [7, 11) is 0. The first-order valence-corrected chi connectivity index (χ1v) is 6.47. The van der Waals surface area contributed by atoms with E-state index in [1.807, 2.05) is 0 Å². The number of amides is 1. The van der Waals surface area contributed by atoms with E-state index in [4.69, 9.17) is 10.2 Å². The highest BCUT2D eigenvalue weighted by atomic mass is 19.1. The molecule has 0 aromatic heterocycles. The number of phenols is 1. The number of carboxylic acid groups (broad SMARTS) is 1. The first-order chi connectivity index (χ1) is 9.47. The molecule has 20 heavy (non-hydrogen) atoms. The summed E-state index contributed by atoms with van der Waals surface area (Å²) in [5, 5.41) is 17.9. The van der Waals surface area contributed by atoms with Crippen LogP contribution < -0.4 is 0 Å². The molecule has 1 heterocycles. The summed E-state index contributed by atoms with van der Waals surface area (Å²) in [5.74, 6) is -2.15. The standard InChI is InChI=1S/C14H16FNO4/c15-12-8-10(17)1-2-11(12)14(20)16-5-3-9(4-6-16)7-13(18)19/h1-2,8-9,17H,3-7H2,(H,18,19). The van der Waals surface area contributed by atoms with E-state index in [1.165, 1.54) is 17.0 Å². The van der Waals surface area contributed by atoms with Gasteiger partial charge in [0.1, 0.15) is 11.6 Å². The Balaban J connectivity index is 1.99. The average Bonchev–Trinajstić information content (AvgIpc) is 2.38. The lowest BCUT2D eigenvalue weighted by Gasteiger charge is -2.31. The Labute approximate surface area is 115 Å². The van der Waals surface area contributed by atoms with Crippen molar-refractivity contribution in [3.8, 4) is 5.75 Å². The lowest BCUT2D eigenvalue weighted by atomic mass is 9.93. The molecule has 0 atom stereocenters. The number of carbonyl (C=O) groups is 2.